The molecule has 28 heavy (non-hydrogen) atoms. The van der Waals surface area contributed by atoms with Gasteiger partial charge in [-0.05, 0) is 57.9 Å². The van der Waals surface area contributed by atoms with Crippen molar-refractivity contribution in [2.75, 3.05) is 0 Å². The molecule has 5 nitrogen and oxygen atoms in total. The number of carbonyl (C=O) groups excluding carboxylic acids is 1. The van der Waals surface area contributed by atoms with Gasteiger partial charge in [-0.2, -0.15) is 0 Å². The number of halogens is 2. The lowest BCUT2D eigenvalue weighted by atomic mass is 10.1. The Bertz CT molecular complexity index is 1320. The number of pyridine rings is 1. The second-order valence-electron chi connectivity index (χ2n) is 6.05. The second-order valence-corrected chi connectivity index (χ2v) is 8.76. The molecule has 4 aromatic rings. The molecule has 1 N–H and O–H groups in total. The fourth-order valence-corrected chi connectivity index (χ4v) is 5.25. The third-order valence-electron chi connectivity index (χ3n) is 4.34. The first-order valence-corrected chi connectivity index (χ1v) is 10.4. The Kier molecular flexibility index (Phi) is 4.60. The first-order valence-electron chi connectivity index (χ1n) is 8.14. The molecule has 8 heteroatoms. The minimum atomic E-state index is -3.75. The molecule has 0 amide bonds. The number of sulfone groups is 1. The number of nitrogens with one attached hydrogen (secondary N) is 1. The van der Waals surface area contributed by atoms with Crippen molar-refractivity contribution in [1.29, 1.82) is 0 Å². The minimum absolute atomic E-state index is 0.0458. The first-order chi connectivity index (χ1) is 13.4. The smallest absolute Gasteiger partial charge is 0.209 e. The van der Waals surface area contributed by atoms with Crippen molar-refractivity contribution < 1.29 is 17.6 Å². The number of aldehydes is 1. The molecule has 2 aromatic carbocycles. The summed E-state index contributed by atoms with van der Waals surface area (Å²) in [4.78, 5) is 18.5. The number of H-pyrrole nitrogens is 1. The molecule has 0 unspecified atom stereocenters. The lowest BCUT2D eigenvalue weighted by Gasteiger charge is -2.06. The van der Waals surface area contributed by atoms with E-state index in [0.717, 1.165) is 0 Å². The van der Waals surface area contributed by atoms with E-state index < -0.39 is 15.7 Å². The van der Waals surface area contributed by atoms with E-state index in [4.69, 9.17) is 0 Å². The summed E-state index contributed by atoms with van der Waals surface area (Å²) >= 11 is 3.39. The van der Waals surface area contributed by atoms with E-state index in [2.05, 4.69) is 25.9 Å². The average Bonchev–Trinajstić information content (AvgIpc) is 3.14. The lowest BCUT2D eigenvalue weighted by molar-refractivity contribution is 0.112. The van der Waals surface area contributed by atoms with Crippen LogP contribution in [0.3, 0.4) is 0 Å². The van der Waals surface area contributed by atoms with Crippen molar-refractivity contribution in [3.05, 3.63) is 76.6 Å². The Labute approximate surface area is 168 Å². The summed E-state index contributed by atoms with van der Waals surface area (Å²) in [6.45, 7) is 0. The number of nitrogens with zero attached hydrogens (tertiary/aromatic N) is 1. The van der Waals surface area contributed by atoms with Gasteiger partial charge in [0, 0.05) is 21.7 Å². The first kappa shape index (κ1) is 18.5. The van der Waals surface area contributed by atoms with Crippen LogP contribution in [0.25, 0.3) is 22.3 Å². The molecule has 0 aliphatic rings. The number of aromatic nitrogens is 2. The molecule has 0 atom stereocenters. The van der Waals surface area contributed by atoms with Gasteiger partial charge in [-0.1, -0.05) is 18.2 Å². The van der Waals surface area contributed by atoms with Gasteiger partial charge >= 0.3 is 0 Å². The van der Waals surface area contributed by atoms with E-state index in [1.807, 2.05) is 0 Å². The van der Waals surface area contributed by atoms with Gasteiger partial charge in [0.25, 0.3) is 0 Å². The molecule has 0 aliphatic carbocycles. The number of fused-ring (bicyclic) bond motifs is 1. The number of aromatic amines is 1. The zero-order valence-corrected chi connectivity index (χ0v) is 16.6. The zero-order chi connectivity index (χ0) is 19.9. The van der Waals surface area contributed by atoms with E-state index in [1.165, 1.54) is 36.5 Å². The SMILES string of the molecule is O=Cc1cc(-c2cc3c(Br)c(S(=O)(=O)c4ccccc4)cnc3[nH]2)ccc1F. The van der Waals surface area contributed by atoms with Crippen molar-refractivity contribution in [2.24, 2.45) is 0 Å². The maximum Gasteiger partial charge on any atom is 0.209 e. The number of carbonyl (C=O) groups is 1. The van der Waals surface area contributed by atoms with Crippen LogP contribution in [0.4, 0.5) is 4.39 Å². The van der Waals surface area contributed by atoms with E-state index in [9.17, 15) is 17.6 Å². The van der Waals surface area contributed by atoms with Crippen LogP contribution in [0.15, 0.2) is 75.1 Å². The number of hydrogen-bond donors (Lipinski definition) is 1. The molecular weight excluding hydrogens is 447 g/mol. The molecular formula is C20H12BrFN2O3S. The lowest BCUT2D eigenvalue weighted by Crippen LogP contribution is -2.03. The van der Waals surface area contributed by atoms with Crippen molar-refractivity contribution in [2.45, 2.75) is 9.79 Å². The molecule has 0 aliphatic heterocycles. The normalized spacial score (nSPS) is 11.6. The summed E-state index contributed by atoms with van der Waals surface area (Å²) < 4.78 is 39.8. The maximum atomic E-state index is 13.6. The zero-order valence-electron chi connectivity index (χ0n) is 14.2. The topological polar surface area (TPSA) is 79.9 Å². The summed E-state index contributed by atoms with van der Waals surface area (Å²) in [6.07, 6.45) is 1.73. The van der Waals surface area contributed by atoms with Gasteiger partial charge in [0.05, 0.1) is 10.5 Å². The maximum absolute atomic E-state index is 13.6. The molecule has 0 saturated carbocycles. The monoisotopic (exact) mass is 458 g/mol. The van der Waals surface area contributed by atoms with Crippen LogP contribution >= 0.6 is 15.9 Å². The Morgan fingerprint density at radius 1 is 1.07 bits per heavy atom. The number of hydrogen-bond acceptors (Lipinski definition) is 4. The number of benzene rings is 2. The second kappa shape index (κ2) is 6.96. The highest BCUT2D eigenvalue weighted by molar-refractivity contribution is 9.10. The average molecular weight is 459 g/mol. The summed E-state index contributed by atoms with van der Waals surface area (Å²) in [5, 5.41) is 0.559. The highest BCUT2D eigenvalue weighted by Gasteiger charge is 2.23. The van der Waals surface area contributed by atoms with Crippen molar-refractivity contribution in [3.63, 3.8) is 0 Å². The predicted octanol–water partition coefficient (Wildman–Crippen LogP) is 4.78. The van der Waals surface area contributed by atoms with Crippen molar-refractivity contribution in [3.8, 4) is 11.3 Å². The molecule has 4 rings (SSSR count). The molecule has 0 fully saturated rings. The van der Waals surface area contributed by atoms with Crippen molar-refractivity contribution >= 4 is 43.1 Å². The highest BCUT2D eigenvalue weighted by atomic mass is 79.9. The van der Waals surface area contributed by atoms with E-state index in [0.29, 0.717) is 33.0 Å². The summed E-state index contributed by atoms with van der Waals surface area (Å²) in [7, 11) is -3.75. The quantitative estimate of drug-likeness (QED) is 0.446. The minimum Gasteiger partial charge on any atom is -0.339 e. The third kappa shape index (κ3) is 3.04. The van der Waals surface area contributed by atoms with Crippen LogP contribution in [-0.2, 0) is 9.84 Å². The molecule has 140 valence electrons. The fraction of sp³-hybridized carbons (Fsp3) is 0. The standard InChI is InChI=1S/C20H12BrFN2O3S/c21-19-15-9-17(12-6-7-16(22)13(8-12)11-25)24-20(15)23-10-18(19)28(26,27)14-4-2-1-3-5-14/h1-11H,(H,23,24). The number of rotatable bonds is 4. The van der Waals surface area contributed by atoms with Gasteiger partial charge in [-0.25, -0.2) is 17.8 Å². The van der Waals surface area contributed by atoms with E-state index in [1.54, 1.807) is 24.3 Å². The Hall–Kier alpha value is -2.84. The molecule has 2 aromatic heterocycles. The van der Waals surface area contributed by atoms with E-state index >= 15 is 0 Å². The largest absolute Gasteiger partial charge is 0.339 e. The van der Waals surface area contributed by atoms with Gasteiger partial charge in [0.2, 0.25) is 9.84 Å². The summed E-state index contributed by atoms with van der Waals surface area (Å²) in [5.41, 5.74) is 1.57. The Morgan fingerprint density at radius 2 is 1.82 bits per heavy atom. The third-order valence-corrected chi connectivity index (χ3v) is 7.24. The van der Waals surface area contributed by atoms with E-state index in [-0.39, 0.29) is 15.4 Å². The van der Waals surface area contributed by atoms with Gasteiger partial charge < -0.3 is 4.98 Å². The van der Waals surface area contributed by atoms with Crippen LogP contribution < -0.4 is 0 Å². The Balaban J connectivity index is 1.87. The molecule has 0 radical (unpaired) electrons. The van der Waals surface area contributed by atoms with Crippen LogP contribution in [-0.4, -0.2) is 24.7 Å². The van der Waals surface area contributed by atoms with Gasteiger partial charge in [-0.3, -0.25) is 4.79 Å². The van der Waals surface area contributed by atoms with Crippen LogP contribution in [0.2, 0.25) is 0 Å². The highest BCUT2D eigenvalue weighted by Crippen LogP contribution is 2.35. The van der Waals surface area contributed by atoms with Gasteiger partial charge in [-0.15, -0.1) is 0 Å². The molecule has 0 saturated heterocycles. The fourth-order valence-electron chi connectivity index (χ4n) is 2.90. The van der Waals surface area contributed by atoms with Crippen molar-refractivity contribution in [1.82, 2.24) is 9.97 Å². The van der Waals surface area contributed by atoms with Gasteiger partial charge in [0.1, 0.15) is 16.4 Å². The molecule has 0 spiro atoms. The van der Waals surface area contributed by atoms with Crippen LogP contribution in [0.5, 0.6) is 0 Å². The molecule has 0 bridgehead atoms. The van der Waals surface area contributed by atoms with Crippen LogP contribution in [0.1, 0.15) is 10.4 Å². The van der Waals surface area contributed by atoms with Crippen LogP contribution in [0, 0.1) is 5.82 Å². The van der Waals surface area contributed by atoms with Gasteiger partial charge in [0.15, 0.2) is 6.29 Å². The summed E-state index contributed by atoms with van der Waals surface area (Å²) in [6, 6.07) is 14.0. The summed E-state index contributed by atoms with van der Waals surface area (Å²) in [5.74, 6) is -0.606. The Morgan fingerprint density at radius 3 is 2.54 bits per heavy atom. The predicted molar refractivity (Wildman–Crippen MR) is 106 cm³/mol. The molecule has 2 heterocycles.